The van der Waals surface area contributed by atoms with Crippen LogP contribution in [-0.2, 0) is 4.79 Å². The molecule has 0 aromatic heterocycles. The monoisotopic (exact) mass is 359 g/mol. The Labute approximate surface area is 155 Å². The van der Waals surface area contributed by atoms with Crippen molar-refractivity contribution in [2.45, 2.75) is 0 Å². The molecule has 0 atom stereocenters. The van der Waals surface area contributed by atoms with Crippen LogP contribution in [0.5, 0.6) is 0 Å². The van der Waals surface area contributed by atoms with Crippen molar-refractivity contribution >= 4 is 34.9 Å². The Morgan fingerprint density at radius 2 is 1.74 bits per heavy atom. The third kappa shape index (κ3) is 4.65. The Bertz CT molecular complexity index is 1040. The summed E-state index contributed by atoms with van der Waals surface area (Å²) in [5, 5.41) is 14.7. The summed E-state index contributed by atoms with van der Waals surface area (Å²) in [6, 6.07) is 20.5. The van der Waals surface area contributed by atoms with Gasteiger partial charge in [-0.05, 0) is 34.5 Å². The summed E-state index contributed by atoms with van der Waals surface area (Å²) < 4.78 is 0. The summed E-state index contributed by atoms with van der Waals surface area (Å²) in [4.78, 5) is 23.3. The normalized spacial score (nSPS) is 11.1. The molecule has 0 radical (unpaired) electrons. The maximum absolute atomic E-state index is 12.3. The summed E-state index contributed by atoms with van der Waals surface area (Å²) in [5.41, 5.74) is 5.95. The molecule has 6 heteroatoms. The molecule has 0 spiro atoms. The van der Waals surface area contributed by atoms with E-state index in [0.717, 1.165) is 22.4 Å². The van der Waals surface area contributed by atoms with Crippen LogP contribution in [0.3, 0.4) is 0 Å². The molecule has 0 fully saturated rings. The largest absolute Gasteiger partial charge is 0.288 e. The number of fused-ring (bicyclic) bond motifs is 1. The zero-order chi connectivity index (χ0) is 19.1. The van der Waals surface area contributed by atoms with Gasteiger partial charge in [0.25, 0.3) is 11.8 Å². The van der Waals surface area contributed by atoms with Gasteiger partial charge in [0.05, 0.1) is 6.21 Å². The second-order valence-electron chi connectivity index (χ2n) is 5.70. The molecule has 0 aliphatic heterocycles. The number of hydroxylamine groups is 1. The van der Waals surface area contributed by atoms with E-state index in [1.54, 1.807) is 30.5 Å². The highest BCUT2D eigenvalue weighted by molar-refractivity contribution is 6.01. The van der Waals surface area contributed by atoms with Crippen molar-refractivity contribution in [2.75, 3.05) is 0 Å². The molecule has 0 heterocycles. The van der Waals surface area contributed by atoms with Crippen LogP contribution in [0.1, 0.15) is 21.5 Å². The van der Waals surface area contributed by atoms with E-state index in [1.807, 2.05) is 42.5 Å². The fraction of sp³-hybridized carbons (Fsp3) is 0. The smallest absolute Gasteiger partial charge is 0.271 e. The first-order valence-corrected chi connectivity index (χ1v) is 8.21. The van der Waals surface area contributed by atoms with E-state index in [4.69, 9.17) is 5.21 Å². The van der Waals surface area contributed by atoms with Crippen LogP contribution in [0.2, 0.25) is 0 Å². The van der Waals surface area contributed by atoms with Crippen molar-refractivity contribution in [3.63, 3.8) is 0 Å². The predicted molar refractivity (Wildman–Crippen MR) is 104 cm³/mol. The van der Waals surface area contributed by atoms with Crippen molar-refractivity contribution in [3.8, 4) is 0 Å². The van der Waals surface area contributed by atoms with Gasteiger partial charge in [0.15, 0.2) is 0 Å². The van der Waals surface area contributed by atoms with E-state index in [9.17, 15) is 9.59 Å². The zero-order valence-corrected chi connectivity index (χ0v) is 14.3. The number of carbonyl (C=O) groups is 2. The van der Waals surface area contributed by atoms with E-state index in [1.165, 1.54) is 11.6 Å². The number of nitrogens with one attached hydrogen (secondary N) is 2. The molecule has 0 aliphatic carbocycles. The Morgan fingerprint density at radius 1 is 0.963 bits per heavy atom. The molecule has 27 heavy (non-hydrogen) atoms. The molecule has 3 rings (SSSR count). The Balaban J connectivity index is 1.71. The number of benzene rings is 3. The first kappa shape index (κ1) is 18.0. The molecular formula is C21H17N3O3. The number of rotatable bonds is 5. The molecule has 0 unspecified atom stereocenters. The Morgan fingerprint density at radius 3 is 2.59 bits per heavy atom. The number of amides is 2. The van der Waals surface area contributed by atoms with Crippen LogP contribution in [-0.4, -0.2) is 23.2 Å². The lowest BCUT2D eigenvalue weighted by molar-refractivity contribution is -0.124. The van der Waals surface area contributed by atoms with E-state index < -0.39 is 5.91 Å². The molecule has 3 N–H and O–H groups in total. The minimum absolute atomic E-state index is 0.367. The molecule has 0 bridgehead atoms. The van der Waals surface area contributed by atoms with E-state index >= 15 is 0 Å². The second-order valence-corrected chi connectivity index (χ2v) is 5.70. The fourth-order valence-corrected chi connectivity index (χ4v) is 2.58. The molecule has 134 valence electrons. The minimum Gasteiger partial charge on any atom is -0.288 e. The molecule has 0 saturated heterocycles. The Kier molecular flexibility index (Phi) is 5.71. The number of carbonyl (C=O) groups excluding carboxylic acids is 2. The summed E-state index contributed by atoms with van der Waals surface area (Å²) in [6.45, 7) is 0. The fourth-order valence-electron chi connectivity index (χ4n) is 2.58. The van der Waals surface area contributed by atoms with Crippen LogP contribution in [0, 0.1) is 0 Å². The first-order chi connectivity index (χ1) is 13.2. The second kappa shape index (κ2) is 8.55. The van der Waals surface area contributed by atoms with Gasteiger partial charge in [0.2, 0.25) is 0 Å². The van der Waals surface area contributed by atoms with Crippen molar-refractivity contribution < 1.29 is 14.8 Å². The van der Waals surface area contributed by atoms with Gasteiger partial charge in [-0.2, -0.15) is 5.10 Å². The number of hydrogen-bond donors (Lipinski definition) is 3. The van der Waals surface area contributed by atoms with Crippen LogP contribution in [0.15, 0.2) is 77.9 Å². The first-order valence-electron chi connectivity index (χ1n) is 8.21. The van der Waals surface area contributed by atoms with Crippen LogP contribution in [0.4, 0.5) is 0 Å². The molecule has 0 aliphatic rings. The van der Waals surface area contributed by atoms with E-state index in [2.05, 4.69) is 10.5 Å². The Hall–Kier alpha value is -3.77. The van der Waals surface area contributed by atoms with Gasteiger partial charge < -0.3 is 0 Å². The lowest BCUT2D eigenvalue weighted by Crippen LogP contribution is -2.17. The molecule has 0 saturated carbocycles. The highest BCUT2D eigenvalue weighted by Crippen LogP contribution is 2.16. The molecule has 6 nitrogen and oxygen atoms in total. The van der Waals surface area contributed by atoms with Crippen LogP contribution < -0.4 is 10.9 Å². The molecular weight excluding hydrogens is 342 g/mol. The van der Waals surface area contributed by atoms with Crippen molar-refractivity contribution in [2.24, 2.45) is 5.10 Å². The highest BCUT2D eigenvalue weighted by Gasteiger charge is 2.04. The summed E-state index contributed by atoms with van der Waals surface area (Å²) in [5.74, 6) is -1.02. The van der Waals surface area contributed by atoms with Gasteiger partial charge in [-0.1, -0.05) is 54.6 Å². The third-order valence-electron chi connectivity index (χ3n) is 3.88. The third-order valence-corrected chi connectivity index (χ3v) is 3.88. The lowest BCUT2D eigenvalue weighted by Gasteiger charge is -2.03. The average molecular weight is 359 g/mol. The van der Waals surface area contributed by atoms with Crippen molar-refractivity contribution in [3.05, 3.63) is 89.5 Å². The maximum Gasteiger partial charge on any atom is 0.271 e. The maximum atomic E-state index is 12.3. The van der Waals surface area contributed by atoms with E-state index in [-0.39, 0.29) is 5.91 Å². The molecule has 3 aromatic rings. The highest BCUT2D eigenvalue weighted by atomic mass is 16.5. The van der Waals surface area contributed by atoms with Gasteiger partial charge in [0.1, 0.15) is 0 Å². The van der Waals surface area contributed by atoms with Crippen LogP contribution in [0.25, 0.3) is 16.8 Å². The number of nitrogens with zero attached hydrogens (tertiary/aromatic N) is 1. The van der Waals surface area contributed by atoms with E-state index in [0.29, 0.717) is 11.1 Å². The van der Waals surface area contributed by atoms with Crippen LogP contribution >= 0.6 is 0 Å². The van der Waals surface area contributed by atoms with Crippen molar-refractivity contribution in [1.29, 1.82) is 0 Å². The summed E-state index contributed by atoms with van der Waals surface area (Å²) in [7, 11) is 0. The van der Waals surface area contributed by atoms with Gasteiger partial charge in [-0.15, -0.1) is 0 Å². The molecule has 2 amide bonds. The average Bonchev–Trinajstić information content (AvgIpc) is 2.72. The number of hydrogen-bond acceptors (Lipinski definition) is 4. The topological polar surface area (TPSA) is 90.8 Å². The SMILES string of the molecule is O=C(/C=C/c1cccc(C(=O)N/N=C/c2cccc3ccccc23)c1)NO. The minimum atomic E-state index is -0.649. The van der Waals surface area contributed by atoms with Crippen molar-refractivity contribution in [1.82, 2.24) is 10.9 Å². The van der Waals surface area contributed by atoms with Gasteiger partial charge in [-0.25, -0.2) is 10.9 Å². The summed E-state index contributed by atoms with van der Waals surface area (Å²) in [6.07, 6.45) is 4.26. The standard InChI is InChI=1S/C21H17N3O3/c25-20(24-27)12-11-15-5-3-8-17(13-15)21(26)23-22-14-18-9-4-7-16-6-1-2-10-19(16)18/h1-14,27H,(H,23,26)(H,24,25)/b12-11+,22-14+. The quantitative estimate of drug-likeness (QED) is 0.283. The summed E-state index contributed by atoms with van der Waals surface area (Å²) >= 11 is 0. The molecule has 3 aromatic carbocycles. The van der Waals surface area contributed by atoms with Gasteiger partial charge in [0, 0.05) is 17.2 Å². The van der Waals surface area contributed by atoms with Gasteiger partial charge in [-0.3, -0.25) is 14.8 Å². The predicted octanol–water partition coefficient (Wildman–Crippen LogP) is 3.12. The zero-order valence-electron chi connectivity index (χ0n) is 14.3. The van der Waals surface area contributed by atoms with Gasteiger partial charge >= 0.3 is 0 Å². The lowest BCUT2D eigenvalue weighted by atomic mass is 10.1. The number of hydrazone groups is 1.